The molecular formula is C21H19F2NO2. The van der Waals surface area contributed by atoms with E-state index in [-0.39, 0.29) is 11.6 Å². The van der Waals surface area contributed by atoms with Gasteiger partial charge in [-0.25, -0.2) is 13.6 Å². The summed E-state index contributed by atoms with van der Waals surface area (Å²) in [6, 6.07) is 14.3. The molecule has 1 heterocycles. The molecule has 134 valence electrons. The van der Waals surface area contributed by atoms with Crippen molar-refractivity contribution in [3.63, 3.8) is 0 Å². The Morgan fingerprint density at radius 3 is 2.42 bits per heavy atom. The lowest BCUT2D eigenvalue weighted by Crippen LogP contribution is -2.08. The maximum atomic E-state index is 13.7. The quantitative estimate of drug-likeness (QED) is 0.617. The van der Waals surface area contributed by atoms with Crippen LogP contribution in [-0.2, 0) is 17.7 Å². The van der Waals surface area contributed by atoms with Gasteiger partial charge in [0.05, 0.1) is 12.7 Å². The lowest BCUT2D eigenvalue weighted by molar-refractivity contribution is 0.0600. The fraction of sp³-hybridized carbons (Fsp3) is 0.190. The van der Waals surface area contributed by atoms with Crippen molar-refractivity contribution in [1.82, 2.24) is 4.57 Å². The van der Waals surface area contributed by atoms with Crippen LogP contribution in [0.3, 0.4) is 0 Å². The summed E-state index contributed by atoms with van der Waals surface area (Å²) in [5.74, 6) is -1.05. The van der Waals surface area contributed by atoms with Gasteiger partial charge in [-0.15, -0.1) is 0 Å². The van der Waals surface area contributed by atoms with Crippen molar-refractivity contribution >= 4 is 5.97 Å². The summed E-state index contributed by atoms with van der Waals surface area (Å²) in [6.45, 7) is 2.40. The largest absolute Gasteiger partial charge is 0.465 e. The van der Waals surface area contributed by atoms with Crippen molar-refractivity contribution in [2.24, 2.45) is 0 Å². The molecule has 26 heavy (non-hydrogen) atoms. The average molecular weight is 355 g/mol. The van der Waals surface area contributed by atoms with Gasteiger partial charge in [0.1, 0.15) is 11.6 Å². The van der Waals surface area contributed by atoms with Crippen LogP contribution in [0.1, 0.15) is 21.6 Å². The molecule has 0 aliphatic heterocycles. The maximum absolute atomic E-state index is 13.7. The molecule has 0 aliphatic carbocycles. The Morgan fingerprint density at radius 2 is 1.77 bits per heavy atom. The van der Waals surface area contributed by atoms with Gasteiger partial charge >= 0.3 is 5.97 Å². The van der Waals surface area contributed by atoms with Crippen molar-refractivity contribution < 1.29 is 18.3 Å². The second-order valence-electron chi connectivity index (χ2n) is 6.06. The molecule has 1 aromatic heterocycles. The summed E-state index contributed by atoms with van der Waals surface area (Å²) in [4.78, 5) is 12.1. The first-order chi connectivity index (χ1) is 12.5. The average Bonchev–Trinajstić information content (AvgIpc) is 2.97. The molecule has 5 heteroatoms. The Labute approximate surface area is 150 Å². The smallest absolute Gasteiger partial charge is 0.339 e. The summed E-state index contributed by atoms with van der Waals surface area (Å²) < 4.78 is 33.6. The molecule has 0 unspecified atom stereocenters. The number of halogens is 2. The third-order valence-corrected chi connectivity index (χ3v) is 4.43. The molecule has 0 saturated carbocycles. The third kappa shape index (κ3) is 3.67. The molecule has 0 fully saturated rings. The molecular weight excluding hydrogens is 336 g/mol. The van der Waals surface area contributed by atoms with Crippen molar-refractivity contribution in [1.29, 1.82) is 0 Å². The Balaban J connectivity index is 1.99. The standard InChI is InChI=1S/C21H19F2NO2/c1-14-19(21(25)26-2)13-20(16-4-3-5-18(23)12-16)24(14)11-10-15-6-8-17(22)9-7-15/h3-9,12-13H,10-11H2,1-2H3. The van der Waals surface area contributed by atoms with Crippen LogP contribution in [0.5, 0.6) is 0 Å². The van der Waals surface area contributed by atoms with Crippen molar-refractivity contribution in [2.45, 2.75) is 19.9 Å². The number of ether oxygens (including phenoxy) is 1. The summed E-state index contributed by atoms with van der Waals surface area (Å²) >= 11 is 0. The van der Waals surface area contributed by atoms with Gasteiger partial charge in [0.15, 0.2) is 0 Å². The van der Waals surface area contributed by atoms with E-state index in [1.807, 2.05) is 11.5 Å². The number of aromatic nitrogens is 1. The Hall–Kier alpha value is -2.95. The van der Waals surface area contributed by atoms with Crippen LogP contribution >= 0.6 is 0 Å². The van der Waals surface area contributed by atoms with Crippen LogP contribution in [0.2, 0.25) is 0 Å². The monoisotopic (exact) mass is 355 g/mol. The van der Waals surface area contributed by atoms with E-state index in [2.05, 4.69) is 0 Å². The summed E-state index contributed by atoms with van der Waals surface area (Å²) in [7, 11) is 1.33. The van der Waals surface area contributed by atoms with Gasteiger partial charge in [-0.05, 0) is 49.2 Å². The fourth-order valence-corrected chi connectivity index (χ4v) is 3.03. The number of methoxy groups -OCH3 is 1. The fourth-order valence-electron chi connectivity index (χ4n) is 3.03. The Kier molecular flexibility index (Phi) is 5.16. The summed E-state index contributed by atoms with van der Waals surface area (Å²) in [5.41, 5.74) is 3.60. The highest BCUT2D eigenvalue weighted by atomic mass is 19.1. The first-order valence-electron chi connectivity index (χ1n) is 8.28. The van der Waals surface area contributed by atoms with E-state index >= 15 is 0 Å². The normalized spacial score (nSPS) is 10.8. The van der Waals surface area contributed by atoms with Crippen LogP contribution in [0.25, 0.3) is 11.3 Å². The first-order valence-corrected chi connectivity index (χ1v) is 8.28. The Bertz CT molecular complexity index is 930. The zero-order valence-electron chi connectivity index (χ0n) is 14.6. The Morgan fingerprint density at radius 1 is 1.04 bits per heavy atom. The molecule has 0 amide bonds. The third-order valence-electron chi connectivity index (χ3n) is 4.43. The van der Waals surface area contributed by atoms with Gasteiger partial charge in [0.25, 0.3) is 0 Å². The minimum absolute atomic E-state index is 0.278. The van der Waals surface area contributed by atoms with E-state index in [0.717, 1.165) is 17.0 Å². The SMILES string of the molecule is COC(=O)c1cc(-c2cccc(F)c2)n(CCc2ccc(F)cc2)c1C. The minimum atomic E-state index is -0.430. The van der Waals surface area contributed by atoms with Gasteiger partial charge in [-0.2, -0.15) is 0 Å². The summed E-state index contributed by atoms with van der Waals surface area (Å²) in [5, 5.41) is 0. The van der Waals surface area contributed by atoms with Crippen molar-refractivity contribution in [3.05, 3.63) is 83.1 Å². The molecule has 3 nitrogen and oxygen atoms in total. The molecule has 0 spiro atoms. The molecule has 2 aromatic carbocycles. The van der Waals surface area contributed by atoms with Crippen LogP contribution in [0.4, 0.5) is 8.78 Å². The highest BCUT2D eigenvalue weighted by molar-refractivity contribution is 5.92. The second-order valence-corrected chi connectivity index (χ2v) is 6.06. The zero-order chi connectivity index (χ0) is 18.7. The number of benzene rings is 2. The second kappa shape index (κ2) is 7.52. The van der Waals surface area contributed by atoms with E-state index in [1.165, 1.54) is 31.4 Å². The van der Waals surface area contributed by atoms with Gasteiger partial charge in [-0.1, -0.05) is 24.3 Å². The van der Waals surface area contributed by atoms with Gasteiger partial charge < -0.3 is 9.30 Å². The lowest BCUT2D eigenvalue weighted by atomic mass is 10.1. The number of carbonyl (C=O) groups is 1. The number of rotatable bonds is 5. The van der Waals surface area contributed by atoms with Crippen molar-refractivity contribution in [3.8, 4) is 11.3 Å². The first kappa shape index (κ1) is 17.9. The van der Waals surface area contributed by atoms with E-state index in [4.69, 9.17) is 4.74 Å². The molecule has 3 aromatic rings. The minimum Gasteiger partial charge on any atom is -0.465 e. The predicted octanol–water partition coefficient (Wildman–Crippen LogP) is 4.77. The molecule has 0 radical (unpaired) electrons. The van der Waals surface area contributed by atoms with E-state index in [1.54, 1.807) is 30.3 Å². The van der Waals surface area contributed by atoms with Crippen LogP contribution in [0.15, 0.2) is 54.6 Å². The molecule has 0 bridgehead atoms. The molecule has 0 atom stereocenters. The van der Waals surface area contributed by atoms with E-state index in [9.17, 15) is 13.6 Å². The molecule has 0 N–H and O–H groups in total. The van der Waals surface area contributed by atoms with Crippen LogP contribution in [-0.4, -0.2) is 17.6 Å². The number of hydrogen-bond donors (Lipinski definition) is 0. The van der Waals surface area contributed by atoms with E-state index in [0.29, 0.717) is 24.1 Å². The number of esters is 1. The van der Waals surface area contributed by atoms with Crippen LogP contribution in [0, 0.1) is 18.6 Å². The van der Waals surface area contributed by atoms with Gasteiger partial charge in [-0.3, -0.25) is 0 Å². The molecule has 0 aliphatic rings. The van der Waals surface area contributed by atoms with Crippen LogP contribution < -0.4 is 0 Å². The topological polar surface area (TPSA) is 31.2 Å². The highest BCUT2D eigenvalue weighted by Crippen LogP contribution is 2.27. The maximum Gasteiger partial charge on any atom is 0.339 e. The summed E-state index contributed by atoms with van der Waals surface area (Å²) in [6.07, 6.45) is 0.652. The number of nitrogens with zero attached hydrogens (tertiary/aromatic N) is 1. The zero-order valence-corrected chi connectivity index (χ0v) is 14.6. The number of carbonyl (C=O) groups excluding carboxylic acids is 1. The lowest BCUT2D eigenvalue weighted by Gasteiger charge is -2.12. The number of hydrogen-bond acceptors (Lipinski definition) is 2. The van der Waals surface area contributed by atoms with E-state index < -0.39 is 5.97 Å². The molecule has 3 rings (SSSR count). The van der Waals surface area contributed by atoms with Gasteiger partial charge in [0, 0.05) is 23.5 Å². The highest BCUT2D eigenvalue weighted by Gasteiger charge is 2.19. The number of aryl methyl sites for hydroxylation is 1. The van der Waals surface area contributed by atoms with Crippen molar-refractivity contribution in [2.75, 3.05) is 7.11 Å². The predicted molar refractivity (Wildman–Crippen MR) is 96.0 cm³/mol. The molecule has 0 saturated heterocycles. The van der Waals surface area contributed by atoms with Gasteiger partial charge in [0.2, 0.25) is 0 Å².